The van der Waals surface area contributed by atoms with E-state index >= 15 is 0 Å². The number of amides is 1. The average Bonchev–Trinajstić information content (AvgIpc) is 3.05. The van der Waals surface area contributed by atoms with E-state index in [9.17, 15) is 18.0 Å². The van der Waals surface area contributed by atoms with Gasteiger partial charge in [0, 0.05) is 27.6 Å². The third kappa shape index (κ3) is 5.72. The van der Waals surface area contributed by atoms with Gasteiger partial charge < -0.3 is 5.32 Å². The first kappa shape index (κ1) is 20.2. The number of carbonyl (C=O) groups is 1. The second kappa shape index (κ2) is 8.65. The topological polar surface area (TPSA) is 42.0 Å². The van der Waals surface area contributed by atoms with Crippen molar-refractivity contribution in [3.8, 4) is 0 Å². The molecule has 1 amide bonds. The summed E-state index contributed by atoms with van der Waals surface area (Å²) in [6.45, 7) is 1.97. The summed E-state index contributed by atoms with van der Waals surface area (Å²) in [5.41, 5.74) is 1.50. The number of benzene rings is 1. The van der Waals surface area contributed by atoms with E-state index in [2.05, 4.69) is 10.3 Å². The highest BCUT2D eigenvalue weighted by molar-refractivity contribution is 7.98. The standard InChI is InChI=1S/C19H21F3N2OS2/c1-12-23-16(10-26-12)11-27-17-7-5-13(6-8-17)18(25)24-15-4-2-3-14(9-15)19(20,21)22/h5-8,10,14-15H,2-4,9,11H2,1H3,(H,24,25)/t14-,15+/m0/s1. The summed E-state index contributed by atoms with van der Waals surface area (Å²) >= 11 is 3.25. The Morgan fingerprint density at radius 1 is 1.30 bits per heavy atom. The van der Waals surface area contributed by atoms with Crippen molar-refractivity contribution < 1.29 is 18.0 Å². The molecule has 2 atom stereocenters. The van der Waals surface area contributed by atoms with Crippen molar-refractivity contribution in [2.45, 2.75) is 55.5 Å². The summed E-state index contributed by atoms with van der Waals surface area (Å²) in [4.78, 5) is 17.8. The van der Waals surface area contributed by atoms with Crippen LogP contribution in [-0.2, 0) is 5.75 Å². The molecule has 1 saturated carbocycles. The van der Waals surface area contributed by atoms with Crippen LogP contribution in [0.15, 0.2) is 34.5 Å². The second-order valence-corrected chi connectivity index (χ2v) is 8.86. The average molecular weight is 415 g/mol. The summed E-state index contributed by atoms with van der Waals surface area (Å²) in [5.74, 6) is -0.865. The smallest absolute Gasteiger partial charge is 0.349 e. The molecule has 3 nitrogen and oxygen atoms in total. The van der Waals surface area contributed by atoms with Gasteiger partial charge >= 0.3 is 6.18 Å². The van der Waals surface area contributed by atoms with Gasteiger partial charge in [0.2, 0.25) is 0 Å². The molecule has 1 fully saturated rings. The summed E-state index contributed by atoms with van der Waals surface area (Å²) in [6, 6.07) is 6.73. The van der Waals surface area contributed by atoms with E-state index in [1.807, 2.05) is 24.4 Å². The lowest BCUT2D eigenvalue weighted by molar-refractivity contribution is -0.183. The molecule has 1 aliphatic carbocycles. The van der Waals surface area contributed by atoms with E-state index in [1.54, 1.807) is 35.2 Å². The Morgan fingerprint density at radius 2 is 2.04 bits per heavy atom. The van der Waals surface area contributed by atoms with Crippen LogP contribution in [0.25, 0.3) is 0 Å². The molecule has 8 heteroatoms. The van der Waals surface area contributed by atoms with E-state index in [0.29, 0.717) is 18.4 Å². The number of alkyl halides is 3. The molecular weight excluding hydrogens is 393 g/mol. The zero-order chi connectivity index (χ0) is 19.4. The number of hydrogen-bond donors (Lipinski definition) is 1. The number of thiazole rings is 1. The molecule has 0 spiro atoms. The van der Waals surface area contributed by atoms with Crippen LogP contribution in [0.5, 0.6) is 0 Å². The zero-order valence-electron chi connectivity index (χ0n) is 14.9. The fourth-order valence-electron chi connectivity index (χ4n) is 3.22. The van der Waals surface area contributed by atoms with Crippen LogP contribution < -0.4 is 5.32 Å². The van der Waals surface area contributed by atoms with Gasteiger partial charge in [0.05, 0.1) is 16.6 Å². The molecule has 1 heterocycles. The largest absolute Gasteiger partial charge is 0.391 e. The van der Waals surface area contributed by atoms with Crippen molar-refractivity contribution >= 4 is 29.0 Å². The molecule has 27 heavy (non-hydrogen) atoms. The molecule has 146 valence electrons. The number of halogens is 3. The number of rotatable bonds is 5. The second-order valence-electron chi connectivity index (χ2n) is 6.75. The maximum absolute atomic E-state index is 12.9. The van der Waals surface area contributed by atoms with Gasteiger partial charge in [-0.2, -0.15) is 13.2 Å². The number of thioether (sulfide) groups is 1. The lowest BCUT2D eigenvalue weighted by atomic mass is 9.85. The van der Waals surface area contributed by atoms with Crippen LogP contribution in [0, 0.1) is 12.8 Å². The summed E-state index contributed by atoms with van der Waals surface area (Å²) < 4.78 is 38.7. The van der Waals surface area contributed by atoms with Gasteiger partial charge in [-0.25, -0.2) is 4.98 Å². The Balaban J connectivity index is 1.52. The van der Waals surface area contributed by atoms with Crippen LogP contribution in [0.4, 0.5) is 13.2 Å². The monoisotopic (exact) mass is 414 g/mol. The maximum atomic E-state index is 12.9. The van der Waals surface area contributed by atoms with Crippen molar-refractivity contribution in [2.75, 3.05) is 0 Å². The number of hydrogen-bond acceptors (Lipinski definition) is 4. The summed E-state index contributed by atoms with van der Waals surface area (Å²) in [5, 5.41) is 5.83. The first-order valence-corrected chi connectivity index (χ1v) is 10.7. The molecule has 0 unspecified atom stereocenters. The van der Waals surface area contributed by atoms with Crippen molar-refractivity contribution in [3.63, 3.8) is 0 Å². The van der Waals surface area contributed by atoms with Gasteiger partial charge in [-0.1, -0.05) is 6.42 Å². The van der Waals surface area contributed by atoms with E-state index in [4.69, 9.17) is 0 Å². The Morgan fingerprint density at radius 3 is 2.67 bits per heavy atom. The molecule has 3 rings (SSSR count). The van der Waals surface area contributed by atoms with Crippen molar-refractivity contribution in [1.82, 2.24) is 10.3 Å². The Labute approximate surface area is 164 Å². The fraction of sp³-hybridized carbons (Fsp3) is 0.474. The van der Waals surface area contributed by atoms with Gasteiger partial charge in [-0.05, 0) is 50.5 Å². The van der Waals surface area contributed by atoms with Crippen molar-refractivity contribution in [2.24, 2.45) is 5.92 Å². The summed E-state index contributed by atoms with van der Waals surface area (Å²) in [7, 11) is 0. The third-order valence-electron chi connectivity index (χ3n) is 4.64. The molecule has 0 saturated heterocycles. The molecule has 1 aliphatic rings. The normalized spacial score (nSPS) is 20.4. The Bertz CT molecular complexity index is 774. The highest BCUT2D eigenvalue weighted by Crippen LogP contribution is 2.37. The highest BCUT2D eigenvalue weighted by Gasteiger charge is 2.42. The highest BCUT2D eigenvalue weighted by atomic mass is 32.2. The Kier molecular flexibility index (Phi) is 6.47. The van der Waals surface area contributed by atoms with E-state index in [0.717, 1.165) is 21.3 Å². The van der Waals surface area contributed by atoms with Gasteiger partial charge in [0.15, 0.2) is 0 Å². The van der Waals surface area contributed by atoms with Gasteiger partial charge in [-0.15, -0.1) is 23.1 Å². The number of aryl methyl sites for hydroxylation is 1. The number of aromatic nitrogens is 1. The lowest BCUT2D eigenvalue weighted by Gasteiger charge is -2.31. The maximum Gasteiger partial charge on any atom is 0.391 e. The molecule has 1 aromatic carbocycles. The molecule has 0 aliphatic heterocycles. The van der Waals surface area contributed by atoms with Crippen LogP contribution in [-0.4, -0.2) is 23.1 Å². The van der Waals surface area contributed by atoms with Gasteiger partial charge in [0.25, 0.3) is 5.91 Å². The zero-order valence-corrected chi connectivity index (χ0v) is 16.5. The van der Waals surface area contributed by atoms with Crippen molar-refractivity contribution in [3.05, 3.63) is 45.9 Å². The van der Waals surface area contributed by atoms with Crippen LogP contribution in [0.2, 0.25) is 0 Å². The van der Waals surface area contributed by atoms with Gasteiger partial charge in [0.1, 0.15) is 0 Å². The van der Waals surface area contributed by atoms with Crippen molar-refractivity contribution in [1.29, 1.82) is 0 Å². The van der Waals surface area contributed by atoms with Crippen LogP contribution in [0.1, 0.15) is 46.7 Å². The molecule has 2 aromatic rings. The first-order valence-electron chi connectivity index (χ1n) is 8.82. The quantitative estimate of drug-likeness (QED) is 0.648. The first-order chi connectivity index (χ1) is 12.8. The van der Waals surface area contributed by atoms with E-state index in [-0.39, 0.29) is 18.7 Å². The predicted molar refractivity (Wildman–Crippen MR) is 102 cm³/mol. The number of nitrogens with zero attached hydrogens (tertiary/aromatic N) is 1. The van der Waals surface area contributed by atoms with E-state index < -0.39 is 18.1 Å². The molecular formula is C19H21F3N2OS2. The summed E-state index contributed by atoms with van der Waals surface area (Å²) in [6.07, 6.45) is -2.98. The fourth-order valence-corrected chi connectivity index (χ4v) is 4.73. The van der Waals surface area contributed by atoms with Crippen LogP contribution in [0.3, 0.4) is 0 Å². The van der Waals surface area contributed by atoms with Crippen LogP contribution >= 0.6 is 23.1 Å². The number of nitrogens with one attached hydrogen (secondary N) is 1. The minimum absolute atomic E-state index is 0.0315. The van der Waals surface area contributed by atoms with Gasteiger partial charge in [-0.3, -0.25) is 4.79 Å². The molecule has 1 aromatic heterocycles. The Hall–Kier alpha value is -1.54. The number of carbonyl (C=O) groups excluding carboxylic acids is 1. The molecule has 0 radical (unpaired) electrons. The predicted octanol–water partition coefficient (Wildman–Crippen LogP) is 5.59. The third-order valence-corrected chi connectivity index (χ3v) is 6.51. The molecule has 0 bridgehead atoms. The minimum atomic E-state index is -4.18. The minimum Gasteiger partial charge on any atom is -0.349 e. The lowest BCUT2D eigenvalue weighted by Crippen LogP contribution is -2.41. The molecule has 1 N–H and O–H groups in total. The van der Waals surface area contributed by atoms with E-state index in [1.165, 1.54) is 0 Å². The SMILES string of the molecule is Cc1nc(CSc2ccc(C(=O)N[C@@H]3CCC[C@H](C(F)(F)F)C3)cc2)cs1.